The van der Waals surface area contributed by atoms with Gasteiger partial charge in [-0.1, -0.05) is 12.8 Å². The van der Waals surface area contributed by atoms with Gasteiger partial charge in [0.1, 0.15) is 10.6 Å². The highest BCUT2D eigenvalue weighted by molar-refractivity contribution is 7.12. The highest BCUT2D eigenvalue weighted by Gasteiger charge is 2.29. The van der Waals surface area contributed by atoms with Crippen molar-refractivity contribution in [2.75, 3.05) is 39.3 Å². The Bertz CT molecular complexity index is 642. The van der Waals surface area contributed by atoms with E-state index in [1.807, 2.05) is 4.90 Å². The van der Waals surface area contributed by atoms with Crippen molar-refractivity contribution in [1.82, 2.24) is 15.1 Å². The molecule has 2 heterocycles. The number of alkyl halides is 2. The Morgan fingerprint density at radius 3 is 2.59 bits per heavy atom. The van der Waals surface area contributed by atoms with E-state index in [1.165, 1.54) is 6.07 Å². The van der Waals surface area contributed by atoms with Crippen molar-refractivity contribution in [2.24, 2.45) is 5.92 Å². The first-order chi connectivity index (χ1) is 13.0. The molecule has 1 aromatic heterocycles. The van der Waals surface area contributed by atoms with Gasteiger partial charge in [0.05, 0.1) is 0 Å². The highest BCUT2D eigenvalue weighted by atomic mass is 32.1. The van der Waals surface area contributed by atoms with Gasteiger partial charge in [-0.25, -0.2) is 0 Å². The van der Waals surface area contributed by atoms with E-state index in [9.17, 15) is 18.4 Å². The van der Waals surface area contributed by atoms with Crippen LogP contribution in [0.15, 0.2) is 11.4 Å². The molecular formula is C18H25F2N3O3S. The molecule has 6 nitrogen and oxygen atoms in total. The molecule has 1 saturated heterocycles. The van der Waals surface area contributed by atoms with Gasteiger partial charge in [0.2, 0.25) is 5.91 Å². The highest BCUT2D eigenvalue weighted by Crippen LogP contribution is 2.27. The summed E-state index contributed by atoms with van der Waals surface area (Å²) < 4.78 is 29.0. The quantitative estimate of drug-likeness (QED) is 0.762. The summed E-state index contributed by atoms with van der Waals surface area (Å²) in [5.74, 6) is 0.0123. The first kappa shape index (κ1) is 20.0. The molecule has 0 radical (unpaired) electrons. The van der Waals surface area contributed by atoms with E-state index in [1.54, 1.807) is 5.38 Å². The van der Waals surface area contributed by atoms with Gasteiger partial charge < -0.3 is 15.0 Å². The number of rotatable bonds is 7. The van der Waals surface area contributed by atoms with Crippen LogP contribution in [0.3, 0.4) is 0 Å². The van der Waals surface area contributed by atoms with Crippen molar-refractivity contribution < 1.29 is 23.1 Å². The summed E-state index contributed by atoms with van der Waals surface area (Å²) in [4.78, 5) is 28.9. The Morgan fingerprint density at radius 1 is 1.22 bits per heavy atom. The van der Waals surface area contributed by atoms with Crippen molar-refractivity contribution in [3.8, 4) is 5.75 Å². The second-order valence-electron chi connectivity index (χ2n) is 6.90. The predicted octanol–water partition coefficient (Wildman–Crippen LogP) is 2.41. The zero-order valence-electron chi connectivity index (χ0n) is 15.2. The number of amides is 2. The number of ether oxygens (including phenoxy) is 1. The molecule has 2 aliphatic rings. The van der Waals surface area contributed by atoms with Crippen LogP contribution in [0.25, 0.3) is 0 Å². The number of nitrogens with one attached hydrogen (secondary N) is 1. The first-order valence-electron chi connectivity index (χ1n) is 9.36. The lowest BCUT2D eigenvalue weighted by Crippen LogP contribution is -2.51. The average molecular weight is 401 g/mol. The SMILES string of the molecule is O=C(NCCN1CCN(C(=O)C2CCCC2)CC1)c1sccc1OC(F)F. The lowest BCUT2D eigenvalue weighted by Gasteiger charge is -2.36. The van der Waals surface area contributed by atoms with Crippen LogP contribution in [0.2, 0.25) is 0 Å². The monoisotopic (exact) mass is 401 g/mol. The molecule has 0 unspecified atom stereocenters. The van der Waals surface area contributed by atoms with E-state index in [-0.39, 0.29) is 16.5 Å². The van der Waals surface area contributed by atoms with E-state index >= 15 is 0 Å². The third-order valence-corrected chi connectivity index (χ3v) is 6.05. The minimum atomic E-state index is -2.95. The summed E-state index contributed by atoms with van der Waals surface area (Å²) in [6.45, 7) is 1.14. The molecule has 150 valence electrons. The van der Waals surface area contributed by atoms with Crippen molar-refractivity contribution in [1.29, 1.82) is 0 Å². The standard InChI is InChI=1S/C18H25F2N3O3S/c19-18(20)26-14-5-12-27-15(14)16(24)21-6-7-22-8-10-23(11-9-22)17(25)13-3-1-2-4-13/h5,12-13,18H,1-4,6-11H2,(H,21,24). The van der Waals surface area contributed by atoms with Crippen LogP contribution in [0.1, 0.15) is 35.4 Å². The van der Waals surface area contributed by atoms with Gasteiger partial charge >= 0.3 is 6.61 Å². The van der Waals surface area contributed by atoms with Gasteiger partial charge in [0.15, 0.2) is 0 Å². The van der Waals surface area contributed by atoms with Crippen LogP contribution in [-0.2, 0) is 4.79 Å². The topological polar surface area (TPSA) is 61.9 Å². The molecule has 3 rings (SSSR count). The van der Waals surface area contributed by atoms with E-state index in [2.05, 4.69) is 15.0 Å². The number of carbonyl (C=O) groups excluding carboxylic acids is 2. The van der Waals surface area contributed by atoms with Crippen molar-refractivity contribution in [3.05, 3.63) is 16.3 Å². The summed E-state index contributed by atoms with van der Waals surface area (Å²) in [6, 6.07) is 1.37. The fourth-order valence-corrected chi connectivity index (χ4v) is 4.42. The van der Waals surface area contributed by atoms with Crippen molar-refractivity contribution in [2.45, 2.75) is 32.3 Å². The van der Waals surface area contributed by atoms with Gasteiger partial charge in [-0.3, -0.25) is 14.5 Å². The Hall–Kier alpha value is -1.74. The van der Waals surface area contributed by atoms with Gasteiger partial charge in [0, 0.05) is 45.2 Å². The third-order valence-electron chi connectivity index (χ3n) is 5.15. The van der Waals surface area contributed by atoms with Gasteiger partial charge in [-0.05, 0) is 24.3 Å². The maximum absolute atomic E-state index is 12.4. The second kappa shape index (κ2) is 9.45. The minimum Gasteiger partial charge on any atom is -0.433 e. The lowest BCUT2D eigenvalue weighted by molar-refractivity contribution is -0.137. The largest absolute Gasteiger partial charge is 0.433 e. The molecule has 27 heavy (non-hydrogen) atoms. The average Bonchev–Trinajstić information content (AvgIpc) is 3.33. The maximum atomic E-state index is 12.4. The molecule has 2 fully saturated rings. The zero-order valence-corrected chi connectivity index (χ0v) is 16.0. The smallest absolute Gasteiger partial charge is 0.387 e. The summed E-state index contributed by atoms with van der Waals surface area (Å²) in [5.41, 5.74) is 0. The fourth-order valence-electron chi connectivity index (χ4n) is 3.68. The molecular weight excluding hydrogens is 376 g/mol. The van der Waals surface area contributed by atoms with Crippen LogP contribution in [0.5, 0.6) is 5.75 Å². The third kappa shape index (κ3) is 5.38. The molecule has 1 aliphatic carbocycles. The molecule has 0 aromatic carbocycles. The number of hydrogen-bond donors (Lipinski definition) is 1. The van der Waals surface area contributed by atoms with E-state index < -0.39 is 12.5 Å². The Balaban J connectivity index is 1.37. The van der Waals surface area contributed by atoms with Crippen molar-refractivity contribution >= 4 is 23.2 Å². The summed E-state index contributed by atoms with van der Waals surface area (Å²) in [6.07, 6.45) is 4.35. The van der Waals surface area contributed by atoms with Crippen LogP contribution in [0, 0.1) is 5.92 Å². The summed E-state index contributed by atoms with van der Waals surface area (Å²) >= 11 is 1.07. The minimum absolute atomic E-state index is 0.0912. The van der Waals surface area contributed by atoms with E-state index in [0.29, 0.717) is 19.0 Å². The number of nitrogens with zero attached hydrogens (tertiary/aromatic N) is 2. The molecule has 0 bridgehead atoms. The summed E-state index contributed by atoms with van der Waals surface area (Å²) in [5, 5.41) is 4.30. The Labute approximate surface area is 161 Å². The number of hydrogen-bond acceptors (Lipinski definition) is 5. The normalized spacial score (nSPS) is 18.9. The van der Waals surface area contributed by atoms with E-state index in [0.717, 1.165) is 63.2 Å². The molecule has 2 amide bonds. The Kier molecular flexibility index (Phi) is 7.01. The number of halogens is 2. The molecule has 1 aromatic rings. The lowest BCUT2D eigenvalue weighted by atomic mass is 10.1. The fraction of sp³-hybridized carbons (Fsp3) is 0.667. The van der Waals surface area contributed by atoms with Crippen LogP contribution in [-0.4, -0.2) is 67.5 Å². The number of piperazine rings is 1. The van der Waals surface area contributed by atoms with Gasteiger partial charge in [-0.2, -0.15) is 8.78 Å². The van der Waals surface area contributed by atoms with Gasteiger partial charge in [-0.15, -0.1) is 11.3 Å². The predicted molar refractivity (Wildman–Crippen MR) is 98.3 cm³/mol. The van der Waals surface area contributed by atoms with Crippen LogP contribution in [0.4, 0.5) is 8.78 Å². The first-order valence-corrected chi connectivity index (χ1v) is 10.2. The maximum Gasteiger partial charge on any atom is 0.387 e. The second-order valence-corrected chi connectivity index (χ2v) is 7.81. The van der Waals surface area contributed by atoms with E-state index in [4.69, 9.17) is 0 Å². The van der Waals surface area contributed by atoms with Crippen molar-refractivity contribution in [3.63, 3.8) is 0 Å². The molecule has 0 atom stereocenters. The molecule has 0 spiro atoms. The van der Waals surface area contributed by atoms with Crippen LogP contribution < -0.4 is 10.1 Å². The molecule has 1 aliphatic heterocycles. The number of carbonyl (C=O) groups is 2. The van der Waals surface area contributed by atoms with Crippen LogP contribution >= 0.6 is 11.3 Å². The molecule has 1 N–H and O–H groups in total. The molecule has 9 heteroatoms. The molecule has 1 saturated carbocycles. The van der Waals surface area contributed by atoms with Gasteiger partial charge in [0.25, 0.3) is 5.91 Å². The number of thiophene rings is 1. The Morgan fingerprint density at radius 2 is 1.93 bits per heavy atom. The summed E-state index contributed by atoms with van der Waals surface area (Å²) in [7, 11) is 0. The zero-order chi connectivity index (χ0) is 19.2.